The number of carbonyl (C=O) groups is 1. The average Bonchev–Trinajstić information content (AvgIpc) is 3.36. The van der Waals surface area contributed by atoms with E-state index in [9.17, 15) is 4.79 Å². The first-order valence-electron chi connectivity index (χ1n) is 10.7. The highest BCUT2D eigenvalue weighted by Crippen LogP contribution is 2.31. The van der Waals surface area contributed by atoms with Gasteiger partial charge in [0.05, 0.1) is 17.6 Å². The van der Waals surface area contributed by atoms with Crippen LogP contribution in [0.4, 0.5) is 0 Å². The Morgan fingerprint density at radius 3 is 2.42 bits per heavy atom. The highest BCUT2D eigenvalue weighted by molar-refractivity contribution is 5.81. The third-order valence-corrected chi connectivity index (χ3v) is 5.81. The summed E-state index contributed by atoms with van der Waals surface area (Å²) in [5, 5.41) is 0. The molecule has 1 atom stereocenters. The van der Waals surface area contributed by atoms with Crippen LogP contribution in [0.2, 0.25) is 0 Å². The van der Waals surface area contributed by atoms with E-state index in [0.717, 1.165) is 28.2 Å². The van der Waals surface area contributed by atoms with E-state index in [4.69, 9.17) is 9.72 Å². The van der Waals surface area contributed by atoms with Gasteiger partial charge in [-0.2, -0.15) is 0 Å². The number of nitrogens with zero attached hydrogens (tertiary/aromatic N) is 3. The van der Waals surface area contributed by atoms with Crippen molar-refractivity contribution >= 4 is 16.9 Å². The summed E-state index contributed by atoms with van der Waals surface area (Å²) in [5.74, 6) is 2.11. The summed E-state index contributed by atoms with van der Waals surface area (Å²) < 4.78 is 8.17. The summed E-state index contributed by atoms with van der Waals surface area (Å²) in [5.41, 5.74) is 3.20. The third-order valence-electron chi connectivity index (χ3n) is 5.81. The number of rotatable bonds is 7. The third kappa shape index (κ3) is 4.17. The van der Waals surface area contributed by atoms with Crippen molar-refractivity contribution in [3.8, 4) is 5.75 Å². The SMILES string of the molecule is O=C1C[C@H](c2nc3ccccc3n2CCOc2ccccc2)CN1Cc1ccccc1. The van der Waals surface area contributed by atoms with Gasteiger partial charge in [-0.1, -0.05) is 60.7 Å². The predicted molar refractivity (Wildman–Crippen MR) is 121 cm³/mol. The summed E-state index contributed by atoms with van der Waals surface area (Å²) in [6.45, 7) is 2.57. The second kappa shape index (κ2) is 8.64. The number of likely N-dealkylation sites (tertiary alicyclic amines) is 1. The standard InChI is InChI=1S/C26H25N3O2/c30-25-17-21(19-28(25)18-20-9-3-1-4-10-20)26-27-23-13-7-8-14-24(23)29(26)15-16-31-22-11-5-2-6-12-22/h1-14,21H,15-19H2/t21-/m0/s1. The largest absolute Gasteiger partial charge is 0.492 e. The zero-order valence-corrected chi connectivity index (χ0v) is 17.4. The number of amides is 1. The molecule has 31 heavy (non-hydrogen) atoms. The molecule has 1 amide bonds. The topological polar surface area (TPSA) is 47.4 Å². The van der Waals surface area contributed by atoms with Gasteiger partial charge in [-0.25, -0.2) is 4.98 Å². The smallest absolute Gasteiger partial charge is 0.223 e. The van der Waals surface area contributed by atoms with Crippen LogP contribution >= 0.6 is 0 Å². The number of hydrogen-bond acceptors (Lipinski definition) is 3. The maximum absolute atomic E-state index is 12.8. The van der Waals surface area contributed by atoms with E-state index < -0.39 is 0 Å². The van der Waals surface area contributed by atoms with E-state index in [2.05, 4.69) is 22.8 Å². The Morgan fingerprint density at radius 2 is 1.61 bits per heavy atom. The molecule has 2 heterocycles. The first-order chi connectivity index (χ1) is 15.3. The molecule has 0 N–H and O–H groups in total. The molecule has 156 valence electrons. The molecule has 4 aromatic rings. The Bertz CT molecular complexity index is 1170. The minimum Gasteiger partial charge on any atom is -0.492 e. The van der Waals surface area contributed by atoms with Gasteiger partial charge >= 0.3 is 0 Å². The van der Waals surface area contributed by atoms with Crippen LogP contribution in [0.5, 0.6) is 5.75 Å². The van der Waals surface area contributed by atoms with Gasteiger partial charge in [-0.05, 0) is 29.8 Å². The molecule has 5 nitrogen and oxygen atoms in total. The molecule has 0 spiro atoms. The summed E-state index contributed by atoms with van der Waals surface area (Å²) in [4.78, 5) is 19.6. The number of hydrogen-bond donors (Lipinski definition) is 0. The zero-order valence-electron chi connectivity index (χ0n) is 17.4. The van der Waals surface area contributed by atoms with Crippen molar-refractivity contribution in [2.75, 3.05) is 13.2 Å². The maximum atomic E-state index is 12.8. The Balaban J connectivity index is 1.36. The number of imidazole rings is 1. The van der Waals surface area contributed by atoms with Gasteiger partial charge in [-0.15, -0.1) is 0 Å². The molecule has 1 aliphatic heterocycles. The lowest BCUT2D eigenvalue weighted by molar-refractivity contribution is -0.128. The number of fused-ring (bicyclic) bond motifs is 1. The maximum Gasteiger partial charge on any atom is 0.223 e. The molecule has 0 unspecified atom stereocenters. The average molecular weight is 412 g/mol. The molecule has 0 radical (unpaired) electrons. The van der Waals surface area contributed by atoms with Crippen molar-refractivity contribution in [1.29, 1.82) is 0 Å². The van der Waals surface area contributed by atoms with Crippen molar-refractivity contribution in [1.82, 2.24) is 14.5 Å². The summed E-state index contributed by atoms with van der Waals surface area (Å²) in [6.07, 6.45) is 0.496. The fourth-order valence-electron chi connectivity index (χ4n) is 4.31. The van der Waals surface area contributed by atoms with E-state index in [-0.39, 0.29) is 11.8 Å². The van der Waals surface area contributed by atoms with E-state index in [0.29, 0.717) is 32.7 Å². The van der Waals surface area contributed by atoms with Crippen LogP contribution in [0, 0.1) is 0 Å². The first-order valence-corrected chi connectivity index (χ1v) is 10.7. The molecule has 1 saturated heterocycles. The van der Waals surface area contributed by atoms with Crippen molar-refractivity contribution in [3.63, 3.8) is 0 Å². The van der Waals surface area contributed by atoms with Crippen molar-refractivity contribution in [2.24, 2.45) is 0 Å². The fraction of sp³-hybridized carbons (Fsp3) is 0.231. The number of aromatic nitrogens is 2. The molecule has 3 aromatic carbocycles. The molecule has 1 aliphatic rings. The highest BCUT2D eigenvalue weighted by Gasteiger charge is 2.33. The van der Waals surface area contributed by atoms with E-state index in [1.807, 2.05) is 71.6 Å². The number of para-hydroxylation sites is 3. The normalized spacial score (nSPS) is 16.2. The number of carbonyl (C=O) groups excluding carboxylic acids is 1. The van der Waals surface area contributed by atoms with Gasteiger partial charge in [0.1, 0.15) is 18.2 Å². The zero-order chi connectivity index (χ0) is 21.0. The Morgan fingerprint density at radius 1 is 0.903 bits per heavy atom. The highest BCUT2D eigenvalue weighted by atomic mass is 16.5. The number of ether oxygens (including phenoxy) is 1. The second-order valence-corrected chi connectivity index (χ2v) is 7.93. The van der Waals surface area contributed by atoms with E-state index in [1.54, 1.807) is 0 Å². The summed E-state index contributed by atoms with van der Waals surface area (Å²) in [6, 6.07) is 28.2. The van der Waals surface area contributed by atoms with Crippen LogP contribution < -0.4 is 4.74 Å². The van der Waals surface area contributed by atoms with Gasteiger partial charge in [-0.3, -0.25) is 4.79 Å². The van der Waals surface area contributed by atoms with Gasteiger partial charge in [0.25, 0.3) is 0 Å². The summed E-state index contributed by atoms with van der Waals surface area (Å²) >= 11 is 0. The van der Waals surface area contributed by atoms with Gasteiger partial charge in [0, 0.05) is 25.4 Å². The molecule has 0 bridgehead atoms. The molecule has 5 rings (SSSR count). The molecular formula is C26H25N3O2. The van der Waals surface area contributed by atoms with Crippen LogP contribution in [0.25, 0.3) is 11.0 Å². The Kier molecular flexibility index (Phi) is 5.40. The van der Waals surface area contributed by atoms with Crippen LogP contribution in [0.15, 0.2) is 84.9 Å². The molecule has 1 aromatic heterocycles. The van der Waals surface area contributed by atoms with Crippen LogP contribution in [0.1, 0.15) is 23.7 Å². The second-order valence-electron chi connectivity index (χ2n) is 7.93. The lowest BCUT2D eigenvalue weighted by atomic mass is 10.1. The fourth-order valence-corrected chi connectivity index (χ4v) is 4.31. The van der Waals surface area contributed by atoms with Crippen LogP contribution in [-0.4, -0.2) is 33.5 Å². The van der Waals surface area contributed by atoms with Gasteiger partial charge in [0.15, 0.2) is 0 Å². The Hall–Kier alpha value is -3.60. The lowest BCUT2D eigenvalue weighted by Gasteiger charge is -2.17. The van der Waals surface area contributed by atoms with Crippen molar-refractivity contribution in [3.05, 3.63) is 96.3 Å². The molecule has 0 aliphatic carbocycles. The molecule has 5 heteroatoms. The predicted octanol–water partition coefficient (Wildman–Crippen LogP) is 4.63. The van der Waals surface area contributed by atoms with Crippen molar-refractivity contribution < 1.29 is 9.53 Å². The van der Waals surface area contributed by atoms with E-state index in [1.165, 1.54) is 0 Å². The quantitative estimate of drug-likeness (QED) is 0.445. The molecular weight excluding hydrogens is 386 g/mol. The minimum atomic E-state index is 0.0836. The first kappa shape index (κ1) is 19.4. The lowest BCUT2D eigenvalue weighted by Crippen LogP contribution is -2.24. The van der Waals surface area contributed by atoms with Crippen LogP contribution in [0.3, 0.4) is 0 Å². The molecule has 0 saturated carbocycles. The number of benzene rings is 3. The monoisotopic (exact) mass is 411 g/mol. The Labute approximate surface area is 181 Å². The van der Waals surface area contributed by atoms with Crippen molar-refractivity contribution in [2.45, 2.75) is 25.4 Å². The molecule has 1 fully saturated rings. The van der Waals surface area contributed by atoms with Gasteiger partial charge in [0.2, 0.25) is 5.91 Å². The van der Waals surface area contributed by atoms with Gasteiger partial charge < -0.3 is 14.2 Å². The van der Waals surface area contributed by atoms with Crippen LogP contribution in [-0.2, 0) is 17.9 Å². The minimum absolute atomic E-state index is 0.0836. The summed E-state index contributed by atoms with van der Waals surface area (Å²) in [7, 11) is 0. The van der Waals surface area contributed by atoms with E-state index >= 15 is 0 Å².